The monoisotopic (exact) mass is 470 g/mol. The average molecular weight is 471 g/mol. The van der Waals surface area contributed by atoms with Crippen LogP contribution in [-0.4, -0.2) is 75.6 Å². The highest BCUT2D eigenvalue weighted by molar-refractivity contribution is 5.83. The number of methoxy groups -OCH3 is 1. The van der Waals surface area contributed by atoms with Crippen molar-refractivity contribution in [3.8, 4) is 5.95 Å². The largest absolute Gasteiger partial charge is 0.453 e. The van der Waals surface area contributed by atoms with Gasteiger partial charge in [-0.25, -0.2) is 9.18 Å². The van der Waals surface area contributed by atoms with Crippen LogP contribution in [0.25, 0.3) is 16.9 Å². The molecule has 0 unspecified atom stereocenters. The number of hydrogen-bond donors (Lipinski definition) is 0. The lowest BCUT2D eigenvalue weighted by molar-refractivity contribution is 0.0932. The quantitative estimate of drug-likeness (QED) is 0.561. The topological polar surface area (TPSA) is 89.5 Å². The van der Waals surface area contributed by atoms with Crippen LogP contribution in [0.1, 0.15) is 50.1 Å². The fraction of sp³-hybridized carbons (Fsp3) is 0.583. The van der Waals surface area contributed by atoms with E-state index in [1.165, 1.54) is 19.2 Å². The van der Waals surface area contributed by atoms with Gasteiger partial charge in [0.05, 0.1) is 18.3 Å². The molecule has 0 atom stereocenters. The van der Waals surface area contributed by atoms with Gasteiger partial charge in [-0.15, -0.1) is 0 Å². The van der Waals surface area contributed by atoms with Gasteiger partial charge in [-0.05, 0) is 68.4 Å². The molecule has 2 saturated heterocycles. The number of hydrogen-bond acceptors (Lipinski definition) is 7. The van der Waals surface area contributed by atoms with Gasteiger partial charge in [-0.3, -0.25) is 0 Å². The maximum atomic E-state index is 13.9. The molecule has 5 rings (SSSR count). The van der Waals surface area contributed by atoms with Crippen LogP contribution in [-0.2, 0) is 11.2 Å². The Bertz CT molecular complexity index is 1140. The van der Waals surface area contributed by atoms with Gasteiger partial charge in [0, 0.05) is 37.0 Å². The van der Waals surface area contributed by atoms with Gasteiger partial charge in [0.25, 0.3) is 5.95 Å². The van der Waals surface area contributed by atoms with E-state index in [1.807, 2.05) is 6.92 Å². The summed E-state index contributed by atoms with van der Waals surface area (Å²) in [5, 5.41) is 9.67. The van der Waals surface area contributed by atoms with Crippen LogP contribution in [0.4, 0.5) is 9.18 Å². The van der Waals surface area contributed by atoms with E-state index < -0.39 is 0 Å². The van der Waals surface area contributed by atoms with Crippen LogP contribution in [0.2, 0.25) is 0 Å². The molecule has 2 aliphatic rings. The molecule has 182 valence electrons. The van der Waals surface area contributed by atoms with Gasteiger partial charge in [-0.1, -0.05) is 6.92 Å². The summed E-state index contributed by atoms with van der Waals surface area (Å²) in [7, 11) is 1.43. The highest BCUT2D eigenvalue weighted by Gasteiger charge is 2.29. The zero-order chi connectivity index (χ0) is 23.7. The predicted octanol–water partition coefficient (Wildman–Crippen LogP) is 3.77. The number of carbonyl (C=O) groups is 1. The molecule has 34 heavy (non-hydrogen) atoms. The minimum absolute atomic E-state index is 0.211. The molecule has 0 spiro atoms. The average Bonchev–Trinajstić information content (AvgIpc) is 3.49. The number of likely N-dealkylation sites (tertiary alicyclic amines) is 2. The Labute approximate surface area is 197 Å². The van der Waals surface area contributed by atoms with Crippen molar-refractivity contribution < 1.29 is 18.4 Å². The fourth-order valence-electron chi connectivity index (χ4n) is 5.20. The lowest BCUT2D eigenvalue weighted by Crippen LogP contribution is -2.43. The van der Waals surface area contributed by atoms with E-state index in [1.54, 1.807) is 15.6 Å². The third-order valence-corrected chi connectivity index (χ3v) is 7.18. The summed E-state index contributed by atoms with van der Waals surface area (Å²) in [5.74, 6) is 1.48. The van der Waals surface area contributed by atoms with Crippen molar-refractivity contribution in [3.05, 3.63) is 35.6 Å². The van der Waals surface area contributed by atoms with Crippen molar-refractivity contribution >= 4 is 17.0 Å². The minimum atomic E-state index is -0.316. The van der Waals surface area contributed by atoms with Crippen LogP contribution in [0, 0.1) is 11.7 Å². The van der Waals surface area contributed by atoms with Gasteiger partial charge in [0.1, 0.15) is 5.82 Å². The lowest BCUT2D eigenvalue weighted by atomic mass is 9.93. The zero-order valence-electron chi connectivity index (χ0n) is 19.7. The van der Waals surface area contributed by atoms with Crippen molar-refractivity contribution in [2.75, 3.05) is 39.8 Å². The predicted molar refractivity (Wildman–Crippen MR) is 123 cm³/mol. The maximum Gasteiger partial charge on any atom is 0.409 e. The SMILES string of the molecule is CCc1nn(-c2noc(C3CCN(CC4CCN(C(=O)OC)CC4)CC3)n2)c2cc(F)ccc12. The van der Waals surface area contributed by atoms with Crippen molar-refractivity contribution in [2.24, 2.45) is 5.92 Å². The number of aromatic nitrogens is 4. The van der Waals surface area contributed by atoms with E-state index in [-0.39, 0.29) is 17.8 Å². The summed E-state index contributed by atoms with van der Waals surface area (Å²) >= 11 is 0. The second-order valence-electron chi connectivity index (χ2n) is 9.28. The van der Waals surface area contributed by atoms with Gasteiger partial charge in [0.15, 0.2) is 0 Å². The molecule has 9 nitrogen and oxygen atoms in total. The molecule has 3 aromatic rings. The number of ether oxygens (including phenoxy) is 1. The molecule has 2 fully saturated rings. The number of nitrogens with zero attached hydrogens (tertiary/aromatic N) is 6. The molecule has 1 aromatic carbocycles. The van der Waals surface area contributed by atoms with E-state index >= 15 is 0 Å². The fourth-order valence-corrected chi connectivity index (χ4v) is 5.20. The van der Waals surface area contributed by atoms with Gasteiger partial charge < -0.3 is 19.1 Å². The molecule has 0 saturated carbocycles. The van der Waals surface area contributed by atoms with Gasteiger partial charge >= 0.3 is 6.09 Å². The molecular weight excluding hydrogens is 439 g/mol. The molecule has 0 radical (unpaired) electrons. The lowest BCUT2D eigenvalue weighted by Gasteiger charge is -2.36. The van der Waals surface area contributed by atoms with E-state index in [0.717, 1.165) is 75.9 Å². The number of fused-ring (bicyclic) bond motifs is 1. The minimum Gasteiger partial charge on any atom is -0.453 e. The number of rotatable bonds is 5. The first-order valence-corrected chi connectivity index (χ1v) is 12.1. The Morgan fingerprint density at radius 2 is 1.94 bits per heavy atom. The number of halogens is 1. The number of benzene rings is 1. The molecule has 0 aliphatic carbocycles. The molecule has 2 aromatic heterocycles. The molecule has 2 aliphatic heterocycles. The van der Waals surface area contributed by atoms with E-state index in [4.69, 9.17) is 9.26 Å². The summed E-state index contributed by atoms with van der Waals surface area (Å²) in [5.41, 5.74) is 1.53. The Morgan fingerprint density at radius 1 is 1.18 bits per heavy atom. The van der Waals surface area contributed by atoms with Crippen LogP contribution in [0.5, 0.6) is 0 Å². The third-order valence-electron chi connectivity index (χ3n) is 7.18. The number of carbonyl (C=O) groups excluding carboxylic acids is 1. The summed E-state index contributed by atoms with van der Waals surface area (Å²) in [6.45, 7) is 6.58. The zero-order valence-corrected chi connectivity index (χ0v) is 19.7. The van der Waals surface area contributed by atoms with Crippen molar-refractivity contribution in [1.29, 1.82) is 0 Å². The Hall–Kier alpha value is -3.01. The van der Waals surface area contributed by atoms with E-state index in [2.05, 4.69) is 20.1 Å². The smallest absolute Gasteiger partial charge is 0.409 e. The van der Waals surface area contributed by atoms with E-state index in [9.17, 15) is 9.18 Å². The van der Waals surface area contributed by atoms with Crippen molar-refractivity contribution in [1.82, 2.24) is 29.7 Å². The highest BCUT2D eigenvalue weighted by atomic mass is 19.1. The van der Waals surface area contributed by atoms with Crippen LogP contribution in [0.3, 0.4) is 0 Å². The standard InChI is InChI=1S/C24H31FN6O3/c1-3-20-19-5-4-18(25)14-21(19)31(27-20)23-26-22(34-28-23)17-8-10-29(11-9-17)15-16-6-12-30(13-7-16)24(32)33-2/h4-5,14,16-17H,3,6-13,15H2,1-2H3. The van der Waals surface area contributed by atoms with Crippen molar-refractivity contribution in [2.45, 2.75) is 44.9 Å². The Morgan fingerprint density at radius 3 is 2.65 bits per heavy atom. The summed E-state index contributed by atoms with van der Waals surface area (Å²) in [4.78, 5) is 20.6. The molecule has 10 heteroatoms. The molecule has 4 heterocycles. The molecule has 0 bridgehead atoms. The Balaban J connectivity index is 1.19. The van der Waals surface area contributed by atoms with Gasteiger partial charge in [-0.2, -0.15) is 14.8 Å². The molecule has 0 N–H and O–H groups in total. The number of piperidine rings is 2. The number of aryl methyl sites for hydroxylation is 1. The second kappa shape index (κ2) is 9.69. The summed E-state index contributed by atoms with van der Waals surface area (Å²) < 4.78 is 25.9. The first kappa shape index (κ1) is 22.8. The normalized spacial score (nSPS) is 18.6. The molecular formula is C24H31FN6O3. The van der Waals surface area contributed by atoms with Gasteiger partial charge in [0.2, 0.25) is 5.89 Å². The summed E-state index contributed by atoms with van der Waals surface area (Å²) in [6.07, 6.45) is 4.45. The van der Waals surface area contributed by atoms with Crippen molar-refractivity contribution in [3.63, 3.8) is 0 Å². The maximum absolute atomic E-state index is 13.9. The highest BCUT2D eigenvalue weighted by Crippen LogP contribution is 2.30. The first-order chi connectivity index (χ1) is 16.6. The summed E-state index contributed by atoms with van der Waals surface area (Å²) in [6, 6.07) is 4.67. The molecule has 1 amide bonds. The third kappa shape index (κ3) is 4.51. The Kier molecular flexibility index (Phi) is 6.49. The van der Waals surface area contributed by atoms with E-state index in [0.29, 0.717) is 23.3 Å². The van der Waals surface area contributed by atoms with Crippen LogP contribution >= 0.6 is 0 Å². The second-order valence-corrected chi connectivity index (χ2v) is 9.28. The number of amides is 1. The first-order valence-electron chi connectivity index (χ1n) is 12.1. The van der Waals surface area contributed by atoms with Crippen LogP contribution < -0.4 is 0 Å². The van der Waals surface area contributed by atoms with Crippen LogP contribution in [0.15, 0.2) is 22.7 Å².